The van der Waals surface area contributed by atoms with Crippen LogP contribution in [-0.4, -0.2) is 21.2 Å². The number of hydrogen-bond acceptors (Lipinski definition) is 4. The van der Waals surface area contributed by atoms with E-state index in [0.717, 1.165) is 3.57 Å². The number of rotatable bonds is 0. The summed E-state index contributed by atoms with van der Waals surface area (Å²) in [7, 11) is 0. The molecule has 0 radical (unpaired) electrons. The van der Waals surface area contributed by atoms with E-state index in [0.29, 0.717) is 16.6 Å². The fraction of sp³-hybridized carbons (Fsp3) is 0.308. The van der Waals surface area contributed by atoms with E-state index < -0.39 is 11.7 Å². The first-order chi connectivity index (χ1) is 8.83. The zero-order valence-electron chi connectivity index (χ0n) is 10.8. The molecule has 5 nitrogen and oxygen atoms in total. The van der Waals surface area contributed by atoms with Gasteiger partial charge in [0, 0.05) is 12.4 Å². The predicted octanol–water partition coefficient (Wildman–Crippen LogP) is 3.30. The van der Waals surface area contributed by atoms with E-state index in [-0.39, 0.29) is 0 Å². The molecule has 98 valence electrons. The van der Waals surface area contributed by atoms with Crippen LogP contribution in [0.2, 0.25) is 0 Å². The van der Waals surface area contributed by atoms with E-state index in [1.54, 1.807) is 39.2 Å². The van der Waals surface area contributed by atoms with Gasteiger partial charge in [-0.3, -0.25) is 4.98 Å². The summed E-state index contributed by atoms with van der Waals surface area (Å²) in [6.07, 6.45) is 2.68. The molecule has 0 unspecified atom stereocenters. The normalized spacial score (nSPS) is 11.3. The quantitative estimate of drug-likeness (QED) is 0.669. The molecular weight excluding hydrogens is 357 g/mol. The van der Waals surface area contributed by atoms with Crippen LogP contribution in [0.15, 0.2) is 18.5 Å². The van der Waals surface area contributed by atoms with Crippen molar-refractivity contribution in [3.8, 4) is 6.07 Å². The Balaban J connectivity index is 2.62. The minimum atomic E-state index is -0.589. The fourth-order valence-electron chi connectivity index (χ4n) is 1.66. The van der Waals surface area contributed by atoms with Crippen molar-refractivity contribution in [2.24, 2.45) is 0 Å². The molecule has 2 aromatic heterocycles. The van der Waals surface area contributed by atoms with Gasteiger partial charge in [0.1, 0.15) is 17.2 Å². The van der Waals surface area contributed by atoms with Crippen LogP contribution in [0.5, 0.6) is 0 Å². The lowest BCUT2D eigenvalue weighted by Gasteiger charge is -2.19. The van der Waals surface area contributed by atoms with Gasteiger partial charge in [0.25, 0.3) is 0 Å². The van der Waals surface area contributed by atoms with Gasteiger partial charge in [0.2, 0.25) is 0 Å². The minimum absolute atomic E-state index is 0.402. The summed E-state index contributed by atoms with van der Waals surface area (Å²) in [4.78, 5) is 16.4. The Labute approximate surface area is 124 Å². The van der Waals surface area contributed by atoms with Gasteiger partial charge in [-0.25, -0.2) is 9.36 Å². The van der Waals surface area contributed by atoms with Gasteiger partial charge in [0.15, 0.2) is 0 Å². The van der Waals surface area contributed by atoms with Crippen LogP contribution in [0, 0.1) is 14.9 Å². The van der Waals surface area contributed by atoms with Crippen LogP contribution in [0.4, 0.5) is 4.79 Å². The van der Waals surface area contributed by atoms with Gasteiger partial charge in [-0.05, 0) is 49.4 Å². The van der Waals surface area contributed by atoms with Crippen LogP contribution in [-0.2, 0) is 4.74 Å². The Bertz CT molecular complexity index is 692. The number of nitrogens with zero attached hydrogens (tertiary/aromatic N) is 3. The molecular formula is C13H12IN3O2. The summed E-state index contributed by atoms with van der Waals surface area (Å²) in [6, 6.07) is 3.65. The summed E-state index contributed by atoms with van der Waals surface area (Å²) in [5.74, 6) is 0. The maximum absolute atomic E-state index is 12.2. The van der Waals surface area contributed by atoms with Crippen LogP contribution < -0.4 is 0 Å². The highest BCUT2D eigenvalue weighted by molar-refractivity contribution is 14.1. The van der Waals surface area contributed by atoms with Crippen LogP contribution in [0.3, 0.4) is 0 Å². The fourth-order valence-corrected chi connectivity index (χ4v) is 2.33. The van der Waals surface area contributed by atoms with Crippen LogP contribution in [0.25, 0.3) is 11.0 Å². The molecule has 0 saturated carbocycles. The molecule has 2 rings (SSSR count). The summed E-state index contributed by atoms with van der Waals surface area (Å²) in [5.41, 5.74) is 0.932. The number of carbonyl (C=O) groups excluding carboxylic acids is 1. The minimum Gasteiger partial charge on any atom is -0.443 e. The van der Waals surface area contributed by atoms with Crippen molar-refractivity contribution in [1.82, 2.24) is 9.55 Å². The zero-order chi connectivity index (χ0) is 14.2. The van der Waals surface area contributed by atoms with Crippen molar-refractivity contribution < 1.29 is 9.53 Å². The molecule has 0 aliphatic rings. The van der Waals surface area contributed by atoms with Gasteiger partial charge in [-0.15, -0.1) is 0 Å². The second-order valence-corrected chi connectivity index (χ2v) is 6.16. The van der Waals surface area contributed by atoms with Crippen LogP contribution in [0.1, 0.15) is 26.3 Å². The summed E-state index contributed by atoms with van der Waals surface area (Å²) in [6.45, 7) is 5.39. The Morgan fingerprint density at radius 3 is 2.79 bits per heavy atom. The monoisotopic (exact) mass is 369 g/mol. The van der Waals surface area contributed by atoms with Crippen molar-refractivity contribution in [3.05, 3.63) is 27.6 Å². The Kier molecular flexibility index (Phi) is 3.49. The number of fused-ring (bicyclic) bond motifs is 1. The lowest BCUT2D eigenvalue weighted by molar-refractivity contribution is 0.0544. The summed E-state index contributed by atoms with van der Waals surface area (Å²) in [5, 5.41) is 9.14. The molecule has 0 atom stereocenters. The van der Waals surface area contributed by atoms with Gasteiger partial charge in [-0.1, -0.05) is 0 Å². The van der Waals surface area contributed by atoms with Crippen molar-refractivity contribution in [3.63, 3.8) is 0 Å². The Morgan fingerprint density at radius 1 is 1.53 bits per heavy atom. The average molecular weight is 369 g/mol. The molecule has 0 aliphatic carbocycles. The number of ether oxygens (including phenoxy) is 1. The van der Waals surface area contributed by atoms with Gasteiger partial charge in [0.05, 0.1) is 14.7 Å². The van der Waals surface area contributed by atoms with E-state index in [1.807, 2.05) is 0 Å². The Hall–Kier alpha value is -1.62. The van der Waals surface area contributed by atoms with Gasteiger partial charge in [-0.2, -0.15) is 5.26 Å². The highest BCUT2D eigenvalue weighted by Gasteiger charge is 2.22. The first kappa shape index (κ1) is 13.8. The summed E-state index contributed by atoms with van der Waals surface area (Å²) >= 11 is 2.08. The largest absolute Gasteiger partial charge is 0.443 e. The molecule has 2 aromatic rings. The van der Waals surface area contributed by atoms with Gasteiger partial charge < -0.3 is 4.74 Å². The van der Waals surface area contributed by atoms with Crippen molar-refractivity contribution in [2.45, 2.75) is 26.4 Å². The molecule has 6 heteroatoms. The third kappa shape index (κ3) is 2.71. The maximum atomic E-state index is 12.2. The first-order valence-electron chi connectivity index (χ1n) is 5.62. The zero-order valence-corrected chi connectivity index (χ0v) is 12.9. The highest BCUT2D eigenvalue weighted by Crippen LogP contribution is 2.24. The van der Waals surface area contributed by atoms with Gasteiger partial charge >= 0.3 is 6.09 Å². The summed E-state index contributed by atoms with van der Waals surface area (Å²) < 4.78 is 7.47. The van der Waals surface area contributed by atoms with Crippen molar-refractivity contribution >= 4 is 39.7 Å². The lowest BCUT2D eigenvalue weighted by Crippen LogP contribution is -2.26. The number of carbonyl (C=O) groups is 1. The number of aromatic nitrogens is 2. The molecule has 19 heavy (non-hydrogen) atoms. The van der Waals surface area contributed by atoms with E-state index in [9.17, 15) is 4.79 Å². The third-order valence-corrected chi connectivity index (χ3v) is 3.13. The number of halogens is 1. The topological polar surface area (TPSA) is 67.9 Å². The van der Waals surface area contributed by atoms with E-state index in [2.05, 4.69) is 33.6 Å². The number of hydrogen-bond donors (Lipinski definition) is 0. The molecule has 0 N–H and O–H groups in total. The molecule has 0 bridgehead atoms. The number of nitriles is 1. The van der Waals surface area contributed by atoms with E-state index >= 15 is 0 Å². The molecule has 0 aliphatic heterocycles. The second-order valence-electron chi connectivity index (χ2n) is 4.99. The Morgan fingerprint density at radius 2 is 2.21 bits per heavy atom. The first-order valence-corrected chi connectivity index (χ1v) is 6.70. The average Bonchev–Trinajstić information content (AvgIpc) is 2.65. The van der Waals surface area contributed by atoms with Crippen LogP contribution >= 0.6 is 22.6 Å². The van der Waals surface area contributed by atoms with E-state index in [4.69, 9.17) is 10.00 Å². The standard InChI is InChI=1S/C13H12IN3O2/c1-13(2,3)19-12(18)17-7-9(14)10-11(17)8(6-15)4-5-16-10/h4-5,7H,1-3H3. The molecule has 0 amide bonds. The maximum Gasteiger partial charge on any atom is 0.419 e. The highest BCUT2D eigenvalue weighted by atomic mass is 127. The number of pyridine rings is 1. The predicted molar refractivity (Wildman–Crippen MR) is 78.8 cm³/mol. The molecule has 0 saturated heterocycles. The third-order valence-electron chi connectivity index (χ3n) is 2.34. The molecule has 2 heterocycles. The van der Waals surface area contributed by atoms with E-state index in [1.165, 1.54) is 4.57 Å². The molecule has 0 aromatic carbocycles. The van der Waals surface area contributed by atoms with Crippen molar-refractivity contribution in [2.75, 3.05) is 0 Å². The van der Waals surface area contributed by atoms with Crippen molar-refractivity contribution in [1.29, 1.82) is 5.26 Å². The SMILES string of the molecule is CC(C)(C)OC(=O)n1cc(I)c2nccc(C#N)c21. The second kappa shape index (κ2) is 4.81. The lowest BCUT2D eigenvalue weighted by atomic mass is 10.2. The molecule has 0 fully saturated rings. The smallest absolute Gasteiger partial charge is 0.419 e. The molecule has 0 spiro atoms.